The molecule has 0 aliphatic carbocycles. The van der Waals surface area contributed by atoms with Gasteiger partial charge in [-0.05, 0) is 42.3 Å². The van der Waals surface area contributed by atoms with Gasteiger partial charge in [-0.25, -0.2) is 0 Å². The van der Waals surface area contributed by atoms with E-state index in [-0.39, 0.29) is 5.91 Å². The molecule has 0 atom stereocenters. The lowest BCUT2D eigenvalue weighted by Crippen LogP contribution is -2.13. The average molecular weight is 280 g/mol. The summed E-state index contributed by atoms with van der Waals surface area (Å²) in [5.41, 5.74) is 2.87. The van der Waals surface area contributed by atoms with E-state index >= 15 is 0 Å². The number of anilines is 1. The van der Waals surface area contributed by atoms with Crippen LogP contribution in [0, 0.1) is 11.3 Å². The molecule has 2 aromatic rings. The quantitative estimate of drug-likeness (QED) is 0.915. The molecule has 4 heteroatoms. The molecule has 21 heavy (non-hydrogen) atoms. The van der Waals surface area contributed by atoms with E-state index in [2.05, 4.69) is 5.32 Å². The van der Waals surface area contributed by atoms with Crippen LogP contribution >= 0.6 is 0 Å². The first-order chi connectivity index (χ1) is 10.2. The first-order valence-electron chi connectivity index (χ1n) is 6.63. The number of rotatable bonds is 5. The van der Waals surface area contributed by atoms with Gasteiger partial charge in [-0.3, -0.25) is 4.79 Å². The maximum Gasteiger partial charge on any atom is 0.255 e. The Hall–Kier alpha value is -2.64. The fraction of sp³-hybridized carbons (Fsp3) is 0.176. The first kappa shape index (κ1) is 14.8. The molecule has 0 unspecified atom stereocenters. The van der Waals surface area contributed by atoms with Gasteiger partial charge in [0.05, 0.1) is 18.2 Å². The van der Waals surface area contributed by atoms with E-state index < -0.39 is 0 Å². The molecule has 4 nitrogen and oxygen atoms in total. The summed E-state index contributed by atoms with van der Waals surface area (Å²) in [5.74, 6) is -0.190. The molecule has 0 saturated carbocycles. The van der Waals surface area contributed by atoms with Crippen LogP contribution in [0.2, 0.25) is 0 Å². The highest BCUT2D eigenvalue weighted by Gasteiger charge is 2.08. The van der Waals surface area contributed by atoms with Crippen LogP contribution in [0.25, 0.3) is 0 Å². The lowest BCUT2D eigenvalue weighted by atomic mass is 10.1. The fourth-order valence-corrected chi connectivity index (χ4v) is 1.96. The SMILES string of the molecule is COCCc1ccccc1NC(=O)c1ccc(C#N)cc1. The third-order valence-corrected chi connectivity index (χ3v) is 3.12. The zero-order valence-corrected chi connectivity index (χ0v) is 11.8. The highest BCUT2D eigenvalue weighted by Crippen LogP contribution is 2.17. The van der Waals surface area contributed by atoms with Gasteiger partial charge in [0.15, 0.2) is 0 Å². The zero-order chi connectivity index (χ0) is 15.1. The number of nitriles is 1. The molecule has 0 spiro atoms. The van der Waals surface area contributed by atoms with E-state index in [0.717, 1.165) is 17.7 Å². The van der Waals surface area contributed by atoms with Crippen molar-refractivity contribution in [2.24, 2.45) is 0 Å². The summed E-state index contributed by atoms with van der Waals surface area (Å²) in [5, 5.41) is 11.7. The van der Waals surface area contributed by atoms with Crippen molar-refractivity contribution in [3.8, 4) is 6.07 Å². The Balaban J connectivity index is 2.13. The minimum Gasteiger partial charge on any atom is -0.384 e. The van der Waals surface area contributed by atoms with Gasteiger partial charge in [-0.15, -0.1) is 0 Å². The van der Waals surface area contributed by atoms with E-state index in [1.807, 2.05) is 30.3 Å². The summed E-state index contributed by atoms with van der Waals surface area (Å²) < 4.78 is 5.07. The molecule has 0 radical (unpaired) electrons. The Morgan fingerprint density at radius 1 is 1.19 bits per heavy atom. The minimum absolute atomic E-state index is 0.190. The molecule has 1 amide bonds. The second kappa shape index (κ2) is 7.22. The lowest BCUT2D eigenvalue weighted by Gasteiger charge is -2.10. The Kier molecular flexibility index (Phi) is 5.08. The van der Waals surface area contributed by atoms with Crippen LogP contribution in [-0.2, 0) is 11.2 Å². The number of ether oxygens (including phenoxy) is 1. The number of methoxy groups -OCH3 is 1. The largest absolute Gasteiger partial charge is 0.384 e. The normalized spacial score (nSPS) is 9.90. The van der Waals surface area contributed by atoms with Crippen LogP contribution in [-0.4, -0.2) is 19.6 Å². The predicted molar refractivity (Wildman–Crippen MR) is 81.1 cm³/mol. The number of hydrogen-bond acceptors (Lipinski definition) is 3. The number of nitrogens with zero attached hydrogens (tertiary/aromatic N) is 1. The molecule has 0 aromatic heterocycles. The van der Waals surface area contributed by atoms with Crippen LogP contribution in [0.4, 0.5) is 5.69 Å². The Labute approximate surface area is 124 Å². The summed E-state index contributed by atoms with van der Waals surface area (Å²) >= 11 is 0. The van der Waals surface area contributed by atoms with Crippen LogP contribution in [0.5, 0.6) is 0 Å². The van der Waals surface area contributed by atoms with Crippen molar-refractivity contribution in [3.05, 3.63) is 65.2 Å². The van der Waals surface area contributed by atoms with E-state index in [0.29, 0.717) is 17.7 Å². The number of carbonyl (C=O) groups excluding carboxylic acids is 1. The highest BCUT2D eigenvalue weighted by atomic mass is 16.5. The minimum atomic E-state index is -0.190. The summed E-state index contributed by atoms with van der Waals surface area (Å²) in [7, 11) is 1.65. The van der Waals surface area contributed by atoms with Crippen LogP contribution in [0.3, 0.4) is 0 Å². The van der Waals surface area contributed by atoms with E-state index in [1.165, 1.54) is 0 Å². The number of benzene rings is 2. The molecular weight excluding hydrogens is 264 g/mol. The van der Waals surface area contributed by atoms with Gasteiger partial charge in [0.1, 0.15) is 0 Å². The average Bonchev–Trinajstić information content (AvgIpc) is 2.54. The molecule has 0 saturated heterocycles. The first-order valence-corrected chi connectivity index (χ1v) is 6.63. The third kappa shape index (κ3) is 3.91. The second-order valence-electron chi connectivity index (χ2n) is 4.54. The van der Waals surface area contributed by atoms with Gasteiger partial charge < -0.3 is 10.1 Å². The van der Waals surface area contributed by atoms with Crippen molar-refractivity contribution in [1.29, 1.82) is 5.26 Å². The monoisotopic (exact) mass is 280 g/mol. The summed E-state index contributed by atoms with van der Waals surface area (Å²) in [4.78, 5) is 12.2. The van der Waals surface area contributed by atoms with E-state index in [9.17, 15) is 4.79 Å². The van der Waals surface area contributed by atoms with Crippen molar-refractivity contribution >= 4 is 11.6 Å². The molecule has 0 bridgehead atoms. The van der Waals surface area contributed by atoms with Crippen LogP contribution in [0.1, 0.15) is 21.5 Å². The standard InChI is InChI=1S/C17H16N2O2/c1-21-11-10-14-4-2-3-5-16(14)19-17(20)15-8-6-13(12-18)7-9-15/h2-9H,10-11H2,1H3,(H,19,20). The summed E-state index contributed by atoms with van der Waals surface area (Å²) in [6.45, 7) is 0.601. The number of hydrogen-bond donors (Lipinski definition) is 1. The highest BCUT2D eigenvalue weighted by molar-refractivity contribution is 6.04. The molecule has 2 rings (SSSR count). The summed E-state index contributed by atoms with van der Waals surface area (Å²) in [6, 6.07) is 16.2. The number of nitrogens with one attached hydrogen (secondary N) is 1. The number of para-hydroxylation sites is 1. The van der Waals surface area contributed by atoms with Crippen molar-refractivity contribution in [3.63, 3.8) is 0 Å². The van der Waals surface area contributed by atoms with Crippen molar-refractivity contribution in [1.82, 2.24) is 0 Å². The van der Waals surface area contributed by atoms with Crippen molar-refractivity contribution in [2.45, 2.75) is 6.42 Å². The van der Waals surface area contributed by atoms with Gasteiger partial charge in [0, 0.05) is 18.4 Å². The lowest BCUT2D eigenvalue weighted by molar-refractivity contribution is 0.102. The van der Waals surface area contributed by atoms with Gasteiger partial charge >= 0.3 is 0 Å². The van der Waals surface area contributed by atoms with Crippen molar-refractivity contribution in [2.75, 3.05) is 19.0 Å². The predicted octanol–water partition coefficient (Wildman–Crippen LogP) is 3.00. The van der Waals surface area contributed by atoms with Crippen molar-refractivity contribution < 1.29 is 9.53 Å². The summed E-state index contributed by atoms with van der Waals surface area (Å²) in [6.07, 6.45) is 0.736. The van der Waals surface area contributed by atoms with Crippen LogP contribution in [0.15, 0.2) is 48.5 Å². The van der Waals surface area contributed by atoms with E-state index in [1.54, 1.807) is 31.4 Å². The van der Waals surface area contributed by atoms with Gasteiger partial charge in [-0.1, -0.05) is 18.2 Å². The second-order valence-corrected chi connectivity index (χ2v) is 4.54. The van der Waals surface area contributed by atoms with Gasteiger partial charge in [0.2, 0.25) is 0 Å². The zero-order valence-electron chi connectivity index (χ0n) is 11.8. The Bertz CT molecular complexity index is 657. The topological polar surface area (TPSA) is 62.1 Å². The molecule has 1 N–H and O–H groups in total. The molecule has 0 heterocycles. The molecule has 0 aliphatic rings. The molecule has 106 valence electrons. The maximum absolute atomic E-state index is 12.2. The molecule has 0 aliphatic heterocycles. The number of amides is 1. The van der Waals surface area contributed by atoms with E-state index in [4.69, 9.17) is 10.00 Å². The molecule has 0 fully saturated rings. The Morgan fingerprint density at radius 3 is 2.57 bits per heavy atom. The van der Waals surface area contributed by atoms with Crippen LogP contribution < -0.4 is 5.32 Å². The maximum atomic E-state index is 12.2. The Morgan fingerprint density at radius 2 is 1.90 bits per heavy atom. The smallest absolute Gasteiger partial charge is 0.255 e. The van der Waals surface area contributed by atoms with Gasteiger partial charge in [-0.2, -0.15) is 5.26 Å². The van der Waals surface area contributed by atoms with Gasteiger partial charge in [0.25, 0.3) is 5.91 Å². The molecule has 2 aromatic carbocycles. The number of carbonyl (C=O) groups is 1. The fourth-order valence-electron chi connectivity index (χ4n) is 1.96. The molecular formula is C17H16N2O2. The third-order valence-electron chi connectivity index (χ3n) is 3.12.